The van der Waals surface area contributed by atoms with E-state index in [0.717, 1.165) is 13.1 Å². The predicted molar refractivity (Wildman–Crippen MR) is 53.6 cm³/mol. The molecule has 12 heavy (non-hydrogen) atoms. The first-order chi connectivity index (χ1) is 5.83. The second kappa shape index (κ2) is 4.78. The summed E-state index contributed by atoms with van der Waals surface area (Å²) in [6, 6.07) is 8.43. The molecule has 2 N–H and O–H groups in total. The Kier molecular flexibility index (Phi) is 3.61. The number of likely N-dealkylation sites (N-methyl/N-ethyl adjacent to an activating group) is 1. The summed E-state index contributed by atoms with van der Waals surface area (Å²) in [5, 5.41) is 6.40. The van der Waals surface area contributed by atoms with Gasteiger partial charge in [-0.25, -0.2) is 0 Å². The van der Waals surface area contributed by atoms with Crippen molar-refractivity contribution < 1.29 is 0 Å². The summed E-state index contributed by atoms with van der Waals surface area (Å²) in [5.74, 6) is 0. The minimum atomic E-state index is 0.972. The SMILES string of the molecule is CNCCNc1ccc(C)cc1. The van der Waals surface area contributed by atoms with E-state index in [1.807, 2.05) is 7.05 Å². The smallest absolute Gasteiger partial charge is 0.0340 e. The molecular formula is C10H16N2. The molecule has 0 aliphatic carbocycles. The van der Waals surface area contributed by atoms with Crippen LogP contribution in [0.1, 0.15) is 5.56 Å². The molecule has 0 radical (unpaired) electrons. The fraction of sp³-hybridized carbons (Fsp3) is 0.400. The van der Waals surface area contributed by atoms with Crippen LogP contribution in [0, 0.1) is 6.92 Å². The van der Waals surface area contributed by atoms with Gasteiger partial charge in [0.1, 0.15) is 0 Å². The zero-order valence-corrected chi connectivity index (χ0v) is 7.72. The Bertz CT molecular complexity index is 216. The van der Waals surface area contributed by atoms with Crippen molar-refractivity contribution in [1.82, 2.24) is 5.32 Å². The number of aryl methyl sites for hydroxylation is 1. The highest BCUT2D eigenvalue weighted by Gasteiger charge is 1.88. The molecule has 0 aliphatic rings. The van der Waals surface area contributed by atoms with Crippen LogP contribution in [0.2, 0.25) is 0 Å². The average Bonchev–Trinajstić information content (AvgIpc) is 2.09. The largest absolute Gasteiger partial charge is 0.384 e. The van der Waals surface area contributed by atoms with Gasteiger partial charge in [0, 0.05) is 18.8 Å². The van der Waals surface area contributed by atoms with Gasteiger partial charge in [-0.1, -0.05) is 17.7 Å². The van der Waals surface area contributed by atoms with Crippen LogP contribution in [0.25, 0.3) is 0 Å². The first-order valence-electron chi connectivity index (χ1n) is 4.28. The van der Waals surface area contributed by atoms with Crippen molar-refractivity contribution in [2.45, 2.75) is 6.92 Å². The molecule has 1 rings (SSSR count). The van der Waals surface area contributed by atoms with E-state index in [1.54, 1.807) is 0 Å². The van der Waals surface area contributed by atoms with Gasteiger partial charge in [-0.2, -0.15) is 0 Å². The topological polar surface area (TPSA) is 24.1 Å². The first kappa shape index (κ1) is 9.07. The van der Waals surface area contributed by atoms with Crippen LogP contribution in [0.15, 0.2) is 24.3 Å². The van der Waals surface area contributed by atoms with Gasteiger partial charge in [-0.05, 0) is 26.1 Å². The van der Waals surface area contributed by atoms with Gasteiger partial charge in [-0.3, -0.25) is 0 Å². The highest BCUT2D eigenvalue weighted by molar-refractivity contribution is 5.44. The van der Waals surface area contributed by atoms with E-state index < -0.39 is 0 Å². The van der Waals surface area contributed by atoms with Crippen molar-refractivity contribution in [3.63, 3.8) is 0 Å². The van der Waals surface area contributed by atoms with Gasteiger partial charge in [0.05, 0.1) is 0 Å². The Hall–Kier alpha value is -1.02. The second-order valence-electron chi connectivity index (χ2n) is 2.90. The van der Waals surface area contributed by atoms with Gasteiger partial charge >= 0.3 is 0 Å². The van der Waals surface area contributed by atoms with Crippen LogP contribution in [0.5, 0.6) is 0 Å². The van der Waals surface area contributed by atoms with Gasteiger partial charge in [0.2, 0.25) is 0 Å². The molecule has 0 bridgehead atoms. The summed E-state index contributed by atoms with van der Waals surface area (Å²) in [5.41, 5.74) is 2.49. The van der Waals surface area contributed by atoms with Crippen molar-refractivity contribution in [1.29, 1.82) is 0 Å². The van der Waals surface area contributed by atoms with Crippen LogP contribution in [-0.2, 0) is 0 Å². The number of hydrogen-bond donors (Lipinski definition) is 2. The van der Waals surface area contributed by atoms with E-state index in [9.17, 15) is 0 Å². The number of hydrogen-bond acceptors (Lipinski definition) is 2. The lowest BCUT2D eigenvalue weighted by Crippen LogP contribution is -2.17. The number of anilines is 1. The molecule has 0 saturated heterocycles. The zero-order valence-electron chi connectivity index (χ0n) is 7.72. The Morgan fingerprint density at radius 3 is 2.33 bits per heavy atom. The van der Waals surface area contributed by atoms with Crippen molar-refractivity contribution >= 4 is 5.69 Å². The lowest BCUT2D eigenvalue weighted by Gasteiger charge is -2.05. The number of nitrogens with one attached hydrogen (secondary N) is 2. The third-order valence-electron chi connectivity index (χ3n) is 1.76. The molecule has 0 saturated carbocycles. The van der Waals surface area contributed by atoms with Gasteiger partial charge in [0.15, 0.2) is 0 Å². The Morgan fingerprint density at radius 2 is 1.75 bits per heavy atom. The summed E-state index contributed by atoms with van der Waals surface area (Å²) in [4.78, 5) is 0. The van der Waals surface area contributed by atoms with Gasteiger partial charge in [-0.15, -0.1) is 0 Å². The van der Waals surface area contributed by atoms with Crippen LogP contribution >= 0.6 is 0 Å². The highest BCUT2D eigenvalue weighted by Crippen LogP contribution is 2.07. The molecule has 2 nitrogen and oxygen atoms in total. The van der Waals surface area contributed by atoms with Crippen molar-refractivity contribution in [3.05, 3.63) is 29.8 Å². The van der Waals surface area contributed by atoms with Crippen LogP contribution in [-0.4, -0.2) is 20.1 Å². The minimum Gasteiger partial charge on any atom is -0.384 e. The van der Waals surface area contributed by atoms with Gasteiger partial charge < -0.3 is 10.6 Å². The molecule has 0 heterocycles. The molecule has 0 atom stereocenters. The summed E-state index contributed by atoms with van der Waals surface area (Å²) >= 11 is 0. The summed E-state index contributed by atoms with van der Waals surface area (Å²) in [6.45, 7) is 4.06. The summed E-state index contributed by atoms with van der Waals surface area (Å²) < 4.78 is 0. The van der Waals surface area contributed by atoms with Crippen LogP contribution < -0.4 is 10.6 Å². The quantitative estimate of drug-likeness (QED) is 0.661. The molecule has 66 valence electrons. The van der Waals surface area contributed by atoms with Crippen LogP contribution in [0.4, 0.5) is 5.69 Å². The Balaban J connectivity index is 2.37. The molecule has 0 aromatic heterocycles. The molecule has 0 unspecified atom stereocenters. The van der Waals surface area contributed by atoms with E-state index in [0.29, 0.717) is 0 Å². The van der Waals surface area contributed by atoms with E-state index in [-0.39, 0.29) is 0 Å². The monoisotopic (exact) mass is 164 g/mol. The normalized spacial score (nSPS) is 9.83. The van der Waals surface area contributed by atoms with Crippen molar-refractivity contribution in [2.75, 3.05) is 25.5 Å². The maximum atomic E-state index is 3.31. The molecule has 1 aromatic rings. The third kappa shape index (κ3) is 2.93. The molecule has 0 fully saturated rings. The third-order valence-corrected chi connectivity index (χ3v) is 1.76. The molecule has 0 aliphatic heterocycles. The predicted octanol–water partition coefficient (Wildman–Crippen LogP) is 1.63. The molecule has 0 amide bonds. The number of benzene rings is 1. The lowest BCUT2D eigenvalue weighted by atomic mass is 10.2. The standard InChI is InChI=1S/C10H16N2/c1-9-3-5-10(6-4-9)12-8-7-11-2/h3-6,11-12H,7-8H2,1-2H3. The maximum Gasteiger partial charge on any atom is 0.0340 e. The minimum absolute atomic E-state index is 0.972. The van der Waals surface area contributed by atoms with Crippen molar-refractivity contribution in [3.8, 4) is 0 Å². The highest BCUT2D eigenvalue weighted by atomic mass is 14.9. The Morgan fingerprint density at radius 1 is 1.08 bits per heavy atom. The van der Waals surface area contributed by atoms with E-state index in [4.69, 9.17) is 0 Å². The molecular weight excluding hydrogens is 148 g/mol. The summed E-state index contributed by atoms with van der Waals surface area (Å²) in [6.07, 6.45) is 0. The first-order valence-corrected chi connectivity index (χ1v) is 4.28. The fourth-order valence-corrected chi connectivity index (χ4v) is 1.00. The molecule has 2 heteroatoms. The van der Waals surface area contributed by atoms with E-state index in [2.05, 4.69) is 41.8 Å². The second-order valence-corrected chi connectivity index (χ2v) is 2.90. The number of rotatable bonds is 4. The Labute approximate surface area is 74.0 Å². The zero-order chi connectivity index (χ0) is 8.81. The van der Waals surface area contributed by atoms with Crippen molar-refractivity contribution in [2.24, 2.45) is 0 Å². The average molecular weight is 164 g/mol. The van der Waals surface area contributed by atoms with Gasteiger partial charge in [0.25, 0.3) is 0 Å². The van der Waals surface area contributed by atoms with E-state index >= 15 is 0 Å². The maximum absolute atomic E-state index is 3.31. The lowest BCUT2D eigenvalue weighted by molar-refractivity contribution is 0.824. The molecule has 1 aromatic carbocycles. The van der Waals surface area contributed by atoms with E-state index in [1.165, 1.54) is 11.3 Å². The molecule has 0 spiro atoms. The summed E-state index contributed by atoms with van der Waals surface area (Å²) in [7, 11) is 1.96. The van der Waals surface area contributed by atoms with Crippen LogP contribution in [0.3, 0.4) is 0 Å². The fourth-order valence-electron chi connectivity index (χ4n) is 1.00.